The second-order valence-electron chi connectivity index (χ2n) is 7.81. The van der Waals surface area contributed by atoms with Gasteiger partial charge in [-0.15, -0.1) is 10.2 Å². The van der Waals surface area contributed by atoms with E-state index < -0.39 is 0 Å². The molecule has 2 aromatic rings. The number of aromatic nitrogens is 4. The van der Waals surface area contributed by atoms with Crippen molar-refractivity contribution >= 4 is 21.8 Å². The van der Waals surface area contributed by atoms with Crippen LogP contribution < -0.4 is 5.32 Å². The lowest BCUT2D eigenvalue weighted by atomic mass is 9.79. The maximum Gasteiger partial charge on any atom is 0.243 e. The lowest BCUT2D eigenvalue weighted by Crippen LogP contribution is -2.59. The molecular weight excluding hydrogens is 436 g/mol. The zero-order valence-corrected chi connectivity index (χ0v) is 18.1. The van der Waals surface area contributed by atoms with Gasteiger partial charge in [-0.1, -0.05) is 35.2 Å². The number of carbonyl (C=O) groups is 1. The summed E-state index contributed by atoms with van der Waals surface area (Å²) in [5.41, 5.74) is 0.920. The number of morpholine rings is 1. The second kappa shape index (κ2) is 9.32. The van der Waals surface area contributed by atoms with E-state index >= 15 is 0 Å². The van der Waals surface area contributed by atoms with Gasteiger partial charge >= 0.3 is 0 Å². The Morgan fingerprint density at radius 1 is 1.14 bits per heavy atom. The van der Waals surface area contributed by atoms with Gasteiger partial charge in [0.2, 0.25) is 11.7 Å². The molecule has 0 atom stereocenters. The molecule has 1 saturated heterocycles. The molecule has 0 radical (unpaired) electrons. The predicted octanol–water partition coefficient (Wildman–Crippen LogP) is 2.25. The first kappa shape index (κ1) is 20.4. The molecule has 2 fully saturated rings. The fourth-order valence-electron chi connectivity index (χ4n) is 4.32. The van der Waals surface area contributed by atoms with Gasteiger partial charge in [-0.05, 0) is 42.3 Å². The Bertz CT molecular complexity index is 813. The molecule has 1 aromatic heterocycles. The third-order valence-corrected chi connectivity index (χ3v) is 6.45. The van der Waals surface area contributed by atoms with Crippen molar-refractivity contribution in [2.45, 2.75) is 44.2 Å². The number of halogens is 1. The molecule has 1 aliphatic carbocycles. The van der Waals surface area contributed by atoms with E-state index in [1.54, 1.807) is 0 Å². The molecule has 9 heteroatoms. The SMILES string of the molecule is O=C(Cn1nnc(-c2ccc(Br)cc2)n1)NCC1(N2CCOCC2)CCCCC1. The van der Waals surface area contributed by atoms with E-state index in [2.05, 4.69) is 41.6 Å². The number of nitrogens with zero attached hydrogens (tertiary/aromatic N) is 5. The first-order valence-corrected chi connectivity index (χ1v) is 11.1. The van der Waals surface area contributed by atoms with E-state index in [1.807, 2.05) is 24.3 Å². The van der Waals surface area contributed by atoms with Gasteiger partial charge in [-0.25, -0.2) is 0 Å². The lowest BCUT2D eigenvalue weighted by Gasteiger charge is -2.48. The van der Waals surface area contributed by atoms with Crippen molar-refractivity contribution in [1.29, 1.82) is 0 Å². The highest BCUT2D eigenvalue weighted by Gasteiger charge is 2.38. The van der Waals surface area contributed by atoms with E-state index in [-0.39, 0.29) is 18.0 Å². The van der Waals surface area contributed by atoms with E-state index in [0.29, 0.717) is 12.4 Å². The summed E-state index contributed by atoms with van der Waals surface area (Å²) in [6.45, 7) is 4.17. The Kier molecular flexibility index (Phi) is 6.56. The van der Waals surface area contributed by atoms with Crippen molar-refractivity contribution in [2.24, 2.45) is 0 Å². The summed E-state index contributed by atoms with van der Waals surface area (Å²) < 4.78 is 6.52. The van der Waals surface area contributed by atoms with Gasteiger partial charge in [0, 0.05) is 35.2 Å². The highest BCUT2D eigenvalue weighted by molar-refractivity contribution is 9.10. The van der Waals surface area contributed by atoms with Crippen LogP contribution in [0.1, 0.15) is 32.1 Å². The van der Waals surface area contributed by atoms with Crippen LogP contribution in [-0.4, -0.2) is 69.4 Å². The van der Waals surface area contributed by atoms with Crippen molar-refractivity contribution in [3.63, 3.8) is 0 Å². The molecule has 2 aliphatic rings. The number of amides is 1. The molecule has 8 nitrogen and oxygen atoms in total. The highest BCUT2D eigenvalue weighted by atomic mass is 79.9. The van der Waals surface area contributed by atoms with Gasteiger partial charge in [0.1, 0.15) is 6.54 Å². The largest absolute Gasteiger partial charge is 0.379 e. The van der Waals surface area contributed by atoms with Crippen LogP contribution in [0.3, 0.4) is 0 Å². The summed E-state index contributed by atoms with van der Waals surface area (Å²) in [5.74, 6) is 0.435. The van der Waals surface area contributed by atoms with Gasteiger partial charge in [0.05, 0.1) is 13.2 Å². The minimum Gasteiger partial charge on any atom is -0.379 e. The standard InChI is InChI=1S/C20H27BrN6O2/c21-17-6-4-16(5-7-17)19-23-25-27(24-19)14-18(28)22-15-20(8-2-1-3-9-20)26-10-12-29-13-11-26/h4-7H,1-3,8-15H2,(H,22,28). The van der Waals surface area contributed by atoms with Crippen LogP contribution >= 0.6 is 15.9 Å². The number of rotatable bonds is 6. The molecular formula is C20H27BrN6O2. The smallest absolute Gasteiger partial charge is 0.243 e. The quantitative estimate of drug-likeness (QED) is 0.708. The average molecular weight is 463 g/mol. The molecule has 156 valence electrons. The normalized spacial score (nSPS) is 19.8. The number of tetrazole rings is 1. The van der Waals surface area contributed by atoms with Gasteiger partial charge in [-0.3, -0.25) is 9.69 Å². The Morgan fingerprint density at radius 3 is 2.59 bits per heavy atom. The summed E-state index contributed by atoms with van der Waals surface area (Å²) in [7, 11) is 0. The molecule has 0 bridgehead atoms. The number of carbonyl (C=O) groups excluding carboxylic acids is 1. The fraction of sp³-hybridized carbons (Fsp3) is 0.600. The van der Waals surface area contributed by atoms with Crippen LogP contribution in [-0.2, 0) is 16.1 Å². The minimum absolute atomic E-state index is 0.0517. The maximum atomic E-state index is 12.6. The van der Waals surface area contributed by atoms with Crippen LogP contribution in [0, 0.1) is 0 Å². The number of benzene rings is 1. The average Bonchev–Trinajstić information content (AvgIpc) is 3.22. The molecule has 1 amide bonds. The van der Waals surface area contributed by atoms with Crippen LogP contribution in [0.4, 0.5) is 0 Å². The van der Waals surface area contributed by atoms with E-state index in [0.717, 1.165) is 49.2 Å². The summed E-state index contributed by atoms with van der Waals surface area (Å²) >= 11 is 3.41. The van der Waals surface area contributed by atoms with Crippen molar-refractivity contribution in [1.82, 2.24) is 30.4 Å². The predicted molar refractivity (Wildman–Crippen MR) is 112 cm³/mol. The third-order valence-electron chi connectivity index (χ3n) is 5.92. The van der Waals surface area contributed by atoms with Crippen LogP contribution in [0.15, 0.2) is 28.7 Å². The number of ether oxygens (including phenoxy) is 1. The fourth-order valence-corrected chi connectivity index (χ4v) is 4.59. The van der Waals surface area contributed by atoms with Gasteiger partial charge in [0.25, 0.3) is 0 Å². The second-order valence-corrected chi connectivity index (χ2v) is 8.73. The molecule has 1 aromatic carbocycles. The zero-order chi connectivity index (χ0) is 20.1. The van der Waals surface area contributed by atoms with E-state index in [1.165, 1.54) is 24.1 Å². The first-order valence-electron chi connectivity index (χ1n) is 10.3. The first-order chi connectivity index (χ1) is 14.1. The summed E-state index contributed by atoms with van der Waals surface area (Å²) in [6.07, 6.45) is 5.97. The number of hydrogen-bond acceptors (Lipinski definition) is 6. The number of hydrogen-bond donors (Lipinski definition) is 1. The molecule has 0 spiro atoms. The van der Waals surface area contributed by atoms with Gasteiger partial charge in [-0.2, -0.15) is 4.80 Å². The molecule has 1 saturated carbocycles. The summed E-state index contributed by atoms with van der Waals surface area (Å²) in [5, 5.41) is 15.6. The molecule has 29 heavy (non-hydrogen) atoms. The summed E-state index contributed by atoms with van der Waals surface area (Å²) in [6, 6.07) is 7.69. The monoisotopic (exact) mass is 462 g/mol. The van der Waals surface area contributed by atoms with Crippen molar-refractivity contribution in [3.8, 4) is 11.4 Å². The zero-order valence-electron chi connectivity index (χ0n) is 16.5. The highest BCUT2D eigenvalue weighted by Crippen LogP contribution is 2.33. The van der Waals surface area contributed by atoms with Crippen molar-refractivity contribution < 1.29 is 9.53 Å². The lowest BCUT2D eigenvalue weighted by molar-refractivity contribution is -0.123. The van der Waals surface area contributed by atoms with E-state index in [4.69, 9.17) is 4.74 Å². The topological polar surface area (TPSA) is 85.2 Å². The molecule has 1 N–H and O–H groups in total. The van der Waals surface area contributed by atoms with Gasteiger partial charge < -0.3 is 10.1 Å². The molecule has 1 aliphatic heterocycles. The van der Waals surface area contributed by atoms with Crippen LogP contribution in [0.5, 0.6) is 0 Å². The van der Waals surface area contributed by atoms with Crippen LogP contribution in [0.2, 0.25) is 0 Å². The maximum absolute atomic E-state index is 12.6. The van der Waals surface area contributed by atoms with Crippen molar-refractivity contribution in [2.75, 3.05) is 32.8 Å². The molecule has 4 rings (SSSR count). The summed E-state index contributed by atoms with van der Waals surface area (Å²) in [4.78, 5) is 16.5. The molecule has 0 unspecified atom stereocenters. The van der Waals surface area contributed by atoms with Crippen LogP contribution in [0.25, 0.3) is 11.4 Å². The number of nitrogens with one attached hydrogen (secondary N) is 1. The third kappa shape index (κ3) is 5.02. The Morgan fingerprint density at radius 2 is 1.86 bits per heavy atom. The Hall–Kier alpha value is -1.84. The Labute approximate surface area is 179 Å². The minimum atomic E-state index is -0.0806. The Balaban J connectivity index is 1.35. The van der Waals surface area contributed by atoms with Gasteiger partial charge in [0.15, 0.2) is 0 Å². The molecule has 2 heterocycles. The van der Waals surface area contributed by atoms with E-state index in [9.17, 15) is 4.79 Å². The van der Waals surface area contributed by atoms with Crippen molar-refractivity contribution in [3.05, 3.63) is 28.7 Å².